The van der Waals surface area contributed by atoms with E-state index >= 15 is 0 Å². The van der Waals surface area contributed by atoms with Gasteiger partial charge in [-0.25, -0.2) is 4.79 Å². The van der Waals surface area contributed by atoms with Gasteiger partial charge in [-0.05, 0) is 12.1 Å². The van der Waals surface area contributed by atoms with Gasteiger partial charge in [0.2, 0.25) is 5.76 Å². The fourth-order valence-electron chi connectivity index (χ4n) is 2.48. The molecule has 0 N–H and O–H groups in total. The standard InChI is InChI=1S/C22H16O4/c1-25-18-12-13-19(22(24)17-10-6-3-7-11-17)20(14-18)26-21(15-23)16-8-4-2-5-9-16/h2-14H,1H3. The number of hydrogen-bond acceptors (Lipinski definition) is 4. The van der Waals surface area contributed by atoms with Crippen LogP contribution in [-0.4, -0.2) is 18.8 Å². The third-order valence-corrected chi connectivity index (χ3v) is 3.81. The Morgan fingerprint density at radius 3 is 2.04 bits per heavy atom. The van der Waals surface area contributed by atoms with Crippen LogP contribution in [0.5, 0.6) is 11.5 Å². The number of benzene rings is 3. The first-order chi connectivity index (χ1) is 12.7. The van der Waals surface area contributed by atoms with Gasteiger partial charge in [0.15, 0.2) is 11.7 Å². The zero-order chi connectivity index (χ0) is 18.4. The summed E-state index contributed by atoms with van der Waals surface area (Å²) in [5.74, 6) is 2.35. The monoisotopic (exact) mass is 344 g/mol. The topological polar surface area (TPSA) is 52.6 Å². The molecule has 0 aliphatic rings. The second-order valence-corrected chi connectivity index (χ2v) is 5.46. The van der Waals surface area contributed by atoms with Crippen LogP contribution in [0.25, 0.3) is 5.76 Å². The van der Waals surface area contributed by atoms with Crippen molar-refractivity contribution in [1.29, 1.82) is 0 Å². The average molecular weight is 344 g/mol. The molecular formula is C22H16O4. The smallest absolute Gasteiger partial charge is 0.217 e. The van der Waals surface area contributed by atoms with Crippen LogP contribution in [0.15, 0.2) is 78.9 Å². The van der Waals surface area contributed by atoms with E-state index < -0.39 is 0 Å². The lowest BCUT2D eigenvalue weighted by Crippen LogP contribution is -2.06. The highest BCUT2D eigenvalue weighted by atomic mass is 16.5. The number of carbonyl (C=O) groups is 1. The van der Waals surface area contributed by atoms with Gasteiger partial charge in [0.1, 0.15) is 11.5 Å². The van der Waals surface area contributed by atoms with Crippen molar-refractivity contribution in [2.45, 2.75) is 0 Å². The number of hydrogen-bond donors (Lipinski definition) is 0. The fraction of sp³-hybridized carbons (Fsp3) is 0.0455. The lowest BCUT2D eigenvalue weighted by molar-refractivity contribution is 0.103. The zero-order valence-electron chi connectivity index (χ0n) is 14.1. The third-order valence-electron chi connectivity index (χ3n) is 3.81. The van der Waals surface area contributed by atoms with Crippen molar-refractivity contribution in [2.75, 3.05) is 7.11 Å². The van der Waals surface area contributed by atoms with Crippen LogP contribution in [0, 0.1) is 0 Å². The number of rotatable bonds is 6. The van der Waals surface area contributed by atoms with E-state index in [0.717, 1.165) is 0 Å². The second kappa shape index (κ2) is 7.97. The molecule has 4 heteroatoms. The van der Waals surface area contributed by atoms with Gasteiger partial charge in [0.25, 0.3) is 0 Å². The molecule has 3 aromatic rings. The summed E-state index contributed by atoms with van der Waals surface area (Å²) in [7, 11) is 1.52. The Morgan fingerprint density at radius 1 is 0.846 bits per heavy atom. The minimum absolute atomic E-state index is 0.000893. The SMILES string of the molecule is COc1ccc(C(=O)c2ccccc2)c(OC(=C=O)c2ccccc2)c1. The Balaban J connectivity index is 2.02. The molecule has 0 saturated heterocycles. The molecule has 0 bridgehead atoms. The Morgan fingerprint density at radius 2 is 1.46 bits per heavy atom. The van der Waals surface area contributed by atoms with E-state index in [0.29, 0.717) is 22.4 Å². The van der Waals surface area contributed by atoms with Gasteiger partial charge >= 0.3 is 0 Å². The van der Waals surface area contributed by atoms with Crippen LogP contribution >= 0.6 is 0 Å². The second-order valence-electron chi connectivity index (χ2n) is 5.46. The molecule has 3 rings (SSSR count). The summed E-state index contributed by atoms with van der Waals surface area (Å²) in [6.07, 6.45) is 0. The lowest BCUT2D eigenvalue weighted by Gasteiger charge is -2.13. The molecule has 0 heterocycles. The van der Waals surface area contributed by atoms with Crippen molar-refractivity contribution in [3.8, 4) is 11.5 Å². The molecule has 0 amide bonds. The molecule has 26 heavy (non-hydrogen) atoms. The number of ketones is 1. The first kappa shape index (κ1) is 17.2. The molecule has 0 fully saturated rings. The summed E-state index contributed by atoms with van der Waals surface area (Å²) in [5, 5.41) is 0. The normalized spacial score (nSPS) is 9.88. The number of carbonyl (C=O) groups excluding carboxylic acids is 2. The molecule has 0 unspecified atom stereocenters. The number of methoxy groups -OCH3 is 1. The van der Waals surface area contributed by atoms with Crippen LogP contribution in [0.2, 0.25) is 0 Å². The van der Waals surface area contributed by atoms with E-state index in [1.54, 1.807) is 72.7 Å². The molecule has 0 aromatic heterocycles. The first-order valence-corrected chi connectivity index (χ1v) is 7.99. The highest BCUT2D eigenvalue weighted by Crippen LogP contribution is 2.30. The van der Waals surface area contributed by atoms with Gasteiger partial charge in [-0.1, -0.05) is 60.7 Å². The van der Waals surface area contributed by atoms with E-state index in [2.05, 4.69) is 0 Å². The van der Waals surface area contributed by atoms with Gasteiger partial charge in [-0.3, -0.25) is 4.79 Å². The maximum Gasteiger partial charge on any atom is 0.217 e. The largest absolute Gasteiger partial charge is 0.497 e. The molecule has 4 nitrogen and oxygen atoms in total. The van der Waals surface area contributed by atoms with Gasteiger partial charge < -0.3 is 9.47 Å². The van der Waals surface area contributed by atoms with E-state index in [9.17, 15) is 9.59 Å². The Labute approximate surface area is 151 Å². The minimum atomic E-state index is -0.207. The van der Waals surface area contributed by atoms with E-state index in [1.807, 2.05) is 12.1 Å². The van der Waals surface area contributed by atoms with E-state index in [-0.39, 0.29) is 17.3 Å². The summed E-state index contributed by atoms with van der Waals surface area (Å²) < 4.78 is 11.0. The molecule has 0 spiro atoms. The van der Waals surface area contributed by atoms with Crippen molar-refractivity contribution in [3.05, 3.63) is 95.6 Å². The fourth-order valence-corrected chi connectivity index (χ4v) is 2.48. The highest BCUT2D eigenvalue weighted by molar-refractivity contribution is 6.11. The average Bonchev–Trinajstić information content (AvgIpc) is 2.72. The maximum atomic E-state index is 12.8. The minimum Gasteiger partial charge on any atom is -0.497 e. The van der Waals surface area contributed by atoms with Crippen LogP contribution in [0.1, 0.15) is 21.5 Å². The molecule has 0 aliphatic heterocycles. The van der Waals surface area contributed by atoms with Crippen molar-refractivity contribution >= 4 is 17.5 Å². The molecule has 128 valence electrons. The molecule has 0 aliphatic carbocycles. The number of ether oxygens (including phenoxy) is 2. The lowest BCUT2D eigenvalue weighted by atomic mass is 10.0. The van der Waals surface area contributed by atoms with Crippen LogP contribution in [0.4, 0.5) is 0 Å². The van der Waals surface area contributed by atoms with Crippen molar-refractivity contribution < 1.29 is 19.1 Å². The summed E-state index contributed by atoms with van der Waals surface area (Å²) in [5.41, 5.74) is 1.43. The quantitative estimate of drug-likeness (QED) is 0.382. The van der Waals surface area contributed by atoms with Gasteiger partial charge in [0, 0.05) is 17.2 Å². The Bertz CT molecular complexity index is 956. The Kier molecular flexibility index (Phi) is 5.28. The van der Waals surface area contributed by atoms with Gasteiger partial charge in [-0.2, -0.15) is 0 Å². The Hall–Kier alpha value is -3.62. The molecule has 0 atom stereocenters. The van der Waals surface area contributed by atoms with E-state index in [1.165, 1.54) is 7.11 Å². The van der Waals surface area contributed by atoms with Gasteiger partial charge in [-0.15, -0.1) is 0 Å². The van der Waals surface area contributed by atoms with E-state index in [4.69, 9.17) is 9.47 Å². The predicted molar refractivity (Wildman–Crippen MR) is 99.0 cm³/mol. The third kappa shape index (κ3) is 3.72. The summed E-state index contributed by atoms with van der Waals surface area (Å²) in [4.78, 5) is 24.3. The van der Waals surface area contributed by atoms with Gasteiger partial charge in [0.05, 0.1) is 12.7 Å². The summed E-state index contributed by atoms with van der Waals surface area (Å²) >= 11 is 0. The highest BCUT2D eigenvalue weighted by Gasteiger charge is 2.18. The van der Waals surface area contributed by atoms with Crippen molar-refractivity contribution in [3.63, 3.8) is 0 Å². The molecule has 0 radical (unpaired) electrons. The molecule has 0 saturated carbocycles. The van der Waals surface area contributed by atoms with Crippen molar-refractivity contribution in [1.82, 2.24) is 0 Å². The predicted octanol–water partition coefficient (Wildman–Crippen LogP) is 4.18. The van der Waals surface area contributed by atoms with Crippen LogP contribution < -0.4 is 9.47 Å². The maximum absolute atomic E-state index is 12.8. The summed E-state index contributed by atoms with van der Waals surface area (Å²) in [6.45, 7) is 0. The molecule has 3 aromatic carbocycles. The van der Waals surface area contributed by atoms with Crippen molar-refractivity contribution in [2.24, 2.45) is 0 Å². The van der Waals surface area contributed by atoms with Crippen LogP contribution in [0.3, 0.4) is 0 Å². The first-order valence-electron chi connectivity index (χ1n) is 7.99. The summed E-state index contributed by atoms with van der Waals surface area (Å²) in [6, 6.07) is 22.6. The zero-order valence-corrected chi connectivity index (χ0v) is 14.1. The molecular weight excluding hydrogens is 328 g/mol. The van der Waals surface area contributed by atoms with Crippen LogP contribution in [-0.2, 0) is 4.79 Å².